The molecule has 0 aromatic heterocycles. The van der Waals surface area contributed by atoms with Gasteiger partial charge >= 0.3 is 0 Å². The number of hydrogen-bond acceptors (Lipinski definition) is 6. The molecular formula is C11H23N3O2S. The third kappa shape index (κ3) is 3.20. The zero-order valence-electron chi connectivity index (χ0n) is 11.0. The van der Waals surface area contributed by atoms with Crippen molar-refractivity contribution in [1.82, 2.24) is 10.3 Å². The van der Waals surface area contributed by atoms with E-state index in [1.807, 2.05) is 27.7 Å². The van der Waals surface area contributed by atoms with Gasteiger partial charge in [-0.3, -0.25) is 16.0 Å². The van der Waals surface area contributed by atoms with Gasteiger partial charge in [0.1, 0.15) is 0 Å². The minimum atomic E-state index is -0.946. The summed E-state index contributed by atoms with van der Waals surface area (Å²) in [6.07, 6.45) is 1.24. The van der Waals surface area contributed by atoms with E-state index in [1.54, 1.807) is 0 Å². The predicted molar refractivity (Wildman–Crippen MR) is 70.0 cm³/mol. The molecule has 1 heterocycles. The average Bonchev–Trinajstić information content (AvgIpc) is 2.46. The maximum Gasteiger partial charge on any atom is 0.170 e. The first kappa shape index (κ1) is 14.9. The van der Waals surface area contributed by atoms with Crippen LogP contribution >= 0.6 is 11.8 Å². The van der Waals surface area contributed by atoms with Crippen LogP contribution in [0.3, 0.4) is 0 Å². The van der Waals surface area contributed by atoms with Gasteiger partial charge in [0, 0.05) is 17.7 Å². The molecule has 1 rings (SSSR count). The molecule has 1 fully saturated rings. The lowest BCUT2D eigenvalue weighted by Gasteiger charge is -2.40. The molecule has 1 saturated heterocycles. The van der Waals surface area contributed by atoms with Crippen LogP contribution in [-0.2, 0) is 4.79 Å². The Hall–Kier alpha value is -0.140. The number of hydrazine groups is 1. The molecule has 0 radical (unpaired) electrons. The van der Waals surface area contributed by atoms with E-state index in [2.05, 4.69) is 5.32 Å². The van der Waals surface area contributed by atoms with Gasteiger partial charge < -0.3 is 5.11 Å². The van der Waals surface area contributed by atoms with Crippen molar-refractivity contribution in [3.8, 4) is 0 Å². The number of nitrogens with zero attached hydrogens (tertiary/aromatic N) is 1. The number of aliphatic hydroxyl groups is 1. The third-order valence-electron chi connectivity index (χ3n) is 2.64. The number of carbonyl (C=O) groups excluding carboxylic acids is 1. The van der Waals surface area contributed by atoms with E-state index in [-0.39, 0.29) is 11.3 Å². The summed E-state index contributed by atoms with van der Waals surface area (Å²) >= 11 is 1.28. The van der Waals surface area contributed by atoms with Gasteiger partial charge in [-0.25, -0.2) is 0 Å². The van der Waals surface area contributed by atoms with Gasteiger partial charge in [-0.1, -0.05) is 6.92 Å². The highest BCUT2D eigenvalue weighted by molar-refractivity contribution is 8.00. The second-order valence-corrected chi connectivity index (χ2v) is 6.50. The summed E-state index contributed by atoms with van der Waals surface area (Å²) in [5.74, 6) is 6.39. The van der Waals surface area contributed by atoms with Gasteiger partial charge in [0.05, 0.1) is 0 Å². The van der Waals surface area contributed by atoms with Gasteiger partial charge in [-0.2, -0.15) is 5.01 Å². The highest BCUT2D eigenvalue weighted by Gasteiger charge is 2.51. The van der Waals surface area contributed by atoms with Crippen molar-refractivity contribution in [3.05, 3.63) is 0 Å². The van der Waals surface area contributed by atoms with E-state index in [4.69, 9.17) is 5.84 Å². The fraction of sp³-hybridized carbons (Fsp3) is 0.909. The van der Waals surface area contributed by atoms with Crippen molar-refractivity contribution in [2.75, 3.05) is 5.75 Å². The van der Waals surface area contributed by atoms with Crippen LogP contribution in [0.15, 0.2) is 0 Å². The van der Waals surface area contributed by atoms with Crippen molar-refractivity contribution < 1.29 is 9.90 Å². The van der Waals surface area contributed by atoms with E-state index in [1.165, 1.54) is 16.8 Å². The standard InChI is InChI=1S/C11H23N3O2S/c1-5-6-8(15)11(13-10(2,3)4)7-17-9(16)14(11)12/h9,13,16H,5-7,12H2,1-4H3. The lowest BCUT2D eigenvalue weighted by atomic mass is 9.97. The Kier molecular flexibility index (Phi) is 4.60. The van der Waals surface area contributed by atoms with Crippen LogP contribution in [0.2, 0.25) is 0 Å². The Bertz CT molecular complexity index is 293. The largest absolute Gasteiger partial charge is 0.368 e. The summed E-state index contributed by atoms with van der Waals surface area (Å²) in [6, 6.07) is 0. The Morgan fingerprint density at radius 2 is 2.24 bits per heavy atom. The van der Waals surface area contributed by atoms with E-state index < -0.39 is 11.2 Å². The number of aliphatic hydroxyl groups excluding tert-OH is 1. The van der Waals surface area contributed by atoms with Gasteiger partial charge in [0.25, 0.3) is 0 Å². The molecular weight excluding hydrogens is 238 g/mol. The molecule has 6 heteroatoms. The molecule has 100 valence electrons. The first-order valence-electron chi connectivity index (χ1n) is 5.89. The molecule has 4 N–H and O–H groups in total. The molecule has 2 atom stereocenters. The van der Waals surface area contributed by atoms with Crippen LogP contribution in [0.5, 0.6) is 0 Å². The number of thioether (sulfide) groups is 1. The average molecular weight is 261 g/mol. The Morgan fingerprint density at radius 3 is 2.59 bits per heavy atom. The Labute approximate surface area is 107 Å². The molecule has 1 aliphatic heterocycles. The molecule has 0 bridgehead atoms. The van der Waals surface area contributed by atoms with E-state index >= 15 is 0 Å². The number of ketones is 1. The maximum atomic E-state index is 12.3. The molecule has 0 amide bonds. The van der Waals surface area contributed by atoms with Crippen LogP contribution in [-0.4, -0.2) is 38.4 Å². The summed E-state index contributed by atoms with van der Waals surface area (Å²) < 4.78 is 0. The van der Waals surface area contributed by atoms with Gasteiger partial charge in [0.15, 0.2) is 17.0 Å². The van der Waals surface area contributed by atoms with Gasteiger partial charge in [-0.15, -0.1) is 11.8 Å². The Balaban J connectivity index is 2.97. The molecule has 17 heavy (non-hydrogen) atoms. The zero-order valence-corrected chi connectivity index (χ0v) is 11.8. The van der Waals surface area contributed by atoms with Crippen LogP contribution in [0, 0.1) is 0 Å². The van der Waals surface area contributed by atoms with E-state index in [0.29, 0.717) is 12.2 Å². The number of Topliss-reactive ketones (excluding diaryl/α,β-unsaturated/α-hetero) is 1. The molecule has 0 spiro atoms. The number of nitrogens with one attached hydrogen (secondary N) is 1. The summed E-state index contributed by atoms with van der Waals surface area (Å²) in [5, 5.41) is 14.2. The van der Waals surface area contributed by atoms with Crippen molar-refractivity contribution in [3.63, 3.8) is 0 Å². The minimum Gasteiger partial charge on any atom is -0.368 e. The lowest BCUT2D eigenvalue weighted by molar-refractivity contribution is -0.137. The second-order valence-electron chi connectivity index (χ2n) is 5.45. The molecule has 1 aliphatic rings. The molecule has 2 unspecified atom stereocenters. The number of carbonyl (C=O) groups is 1. The van der Waals surface area contributed by atoms with Gasteiger partial charge in [-0.05, 0) is 27.2 Å². The summed E-state index contributed by atoms with van der Waals surface area (Å²) in [4.78, 5) is 12.3. The van der Waals surface area contributed by atoms with Crippen LogP contribution < -0.4 is 11.2 Å². The van der Waals surface area contributed by atoms with E-state index in [9.17, 15) is 9.90 Å². The maximum absolute atomic E-state index is 12.3. The molecule has 0 aliphatic carbocycles. The normalized spacial score (nSPS) is 30.8. The fourth-order valence-corrected chi connectivity index (χ4v) is 3.10. The molecule has 0 saturated carbocycles. The van der Waals surface area contributed by atoms with Crippen LogP contribution in [0.25, 0.3) is 0 Å². The lowest BCUT2D eigenvalue weighted by Crippen LogP contribution is -2.70. The number of hydrogen-bond donors (Lipinski definition) is 3. The highest BCUT2D eigenvalue weighted by atomic mass is 32.2. The van der Waals surface area contributed by atoms with Crippen molar-refractivity contribution >= 4 is 17.5 Å². The monoisotopic (exact) mass is 261 g/mol. The fourth-order valence-electron chi connectivity index (χ4n) is 1.99. The van der Waals surface area contributed by atoms with Crippen LogP contribution in [0.1, 0.15) is 40.5 Å². The van der Waals surface area contributed by atoms with Gasteiger partial charge in [0.2, 0.25) is 0 Å². The molecule has 5 nitrogen and oxygen atoms in total. The summed E-state index contributed by atoms with van der Waals surface area (Å²) in [7, 11) is 0. The number of rotatable bonds is 4. The molecule has 0 aromatic carbocycles. The molecule has 0 aromatic rings. The first-order valence-corrected chi connectivity index (χ1v) is 6.94. The Morgan fingerprint density at radius 1 is 1.65 bits per heavy atom. The first-order chi connectivity index (χ1) is 7.73. The predicted octanol–water partition coefficient (Wildman–Crippen LogP) is 0.638. The van der Waals surface area contributed by atoms with Crippen LogP contribution in [0.4, 0.5) is 0 Å². The second kappa shape index (κ2) is 5.24. The summed E-state index contributed by atoms with van der Waals surface area (Å²) in [5.41, 5.74) is -2.02. The SMILES string of the molecule is CCCC(=O)C1(NC(C)(C)C)CSC(O)N1N. The third-order valence-corrected chi connectivity index (χ3v) is 3.75. The van der Waals surface area contributed by atoms with Crippen molar-refractivity contribution in [2.45, 2.75) is 57.3 Å². The van der Waals surface area contributed by atoms with Crippen molar-refractivity contribution in [1.29, 1.82) is 0 Å². The number of nitrogens with two attached hydrogens (primary N) is 1. The van der Waals surface area contributed by atoms with Crippen molar-refractivity contribution in [2.24, 2.45) is 5.84 Å². The zero-order chi connectivity index (χ0) is 13.3. The quantitative estimate of drug-likeness (QED) is 0.645. The van der Waals surface area contributed by atoms with E-state index in [0.717, 1.165) is 6.42 Å². The minimum absolute atomic E-state index is 0.0430. The summed E-state index contributed by atoms with van der Waals surface area (Å²) in [6.45, 7) is 7.91. The smallest absolute Gasteiger partial charge is 0.170 e. The topological polar surface area (TPSA) is 78.6 Å². The highest BCUT2D eigenvalue weighted by Crippen LogP contribution is 2.34.